The highest BCUT2D eigenvalue weighted by atomic mass is 16.5. The molecule has 1 fully saturated rings. The van der Waals surface area contributed by atoms with E-state index in [1.165, 1.54) is 0 Å². The van der Waals surface area contributed by atoms with Gasteiger partial charge in [0.1, 0.15) is 5.75 Å². The molecule has 0 aromatic heterocycles. The molecule has 24 heavy (non-hydrogen) atoms. The van der Waals surface area contributed by atoms with Crippen molar-refractivity contribution >= 4 is 5.97 Å². The maximum absolute atomic E-state index is 11.4. The highest BCUT2D eigenvalue weighted by Crippen LogP contribution is 2.48. The molecule has 4 nitrogen and oxygen atoms in total. The number of ether oxygens (including phenoxy) is 2. The maximum atomic E-state index is 11.4. The number of carboxylic acids is 1. The summed E-state index contributed by atoms with van der Waals surface area (Å²) >= 11 is 0. The van der Waals surface area contributed by atoms with E-state index in [9.17, 15) is 9.90 Å². The van der Waals surface area contributed by atoms with E-state index in [0.29, 0.717) is 13.2 Å². The molecule has 0 bridgehead atoms. The van der Waals surface area contributed by atoms with Crippen LogP contribution in [0, 0.1) is 0 Å². The Morgan fingerprint density at radius 2 is 1.58 bits per heavy atom. The van der Waals surface area contributed by atoms with Crippen molar-refractivity contribution in [3.63, 3.8) is 0 Å². The molecule has 126 valence electrons. The van der Waals surface area contributed by atoms with Crippen LogP contribution in [-0.4, -0.2) is 31.4 Å². The summed E-state index contributed by atoms with van der Waals surface area (Å²) in [7, 11) is 1.68. The van der Waals surface area contributed by atoms with Crippen LogP contribution in [0.2, 0.25) is 0 Å². The molecule has 0 saturated heterocycles. The van der Waals surface area contributed by atoms with Crippen LogP contribution in [0.25, 0.3) is 11.1 Å². The minimum atomic E-state index is -0.717. The van der Waals surface area contributed by atoms with Crippen molar-refractivity contribution < 1.29 is 19.4 Å². The van der Waals surface area contributed by atoms with E-state index in [-0.39, 0.29) is 0 Å². The average molecular weight is 326 g/mol. The first-order chi connectivity index (χ1) is 11.7. The monoisotopic (exact) mass is 326 g/mol. The van der Waals surface area contributed by atoms with Crippen LogP contribution in [0.5, 0.6) is 5.75 Å². The van der Waals surface area contributed by atoms with Crippen molar-refractivity contribution in [3.05, 3.63) is 54.1 Å². The van der Waals surface area contributed by atoms with Crippen LogP contribution < -0.4 is 4.74 Å². The van der Waals surface area contributed by atoms with Gasteiger partial charge < -0.3 is 14.6 Å². The second-order valence-electron chi connectivity index (χ2n) is 6.18. The summed E-state index contributed by atoms with van der Waals surface area (Å²) in [6.45, 7) is 1.33. The largest absolute Gasteiger partial charge is 0.494 e. The van der Waals surface area contributed by atoms with E-state index >= 15 is 0 Å². The van der Waals surface area contributed by atoms with Gasteiger partial charge in [-0.05, 0) is 41.7 Å². The van der Waals surface area contributed by atoms with Gasteiger partial charge in [-0.1, -0.05) is 36.4 Å². The molecule has 0 spiro atoms. The van der Waals surface area contributed by atoms with E-state index < -0.39 is 11.4 Å². The van der Waals surface area contributed by atoms with Crippen molar-refractivity contribution in [3.8, 4) is 16.9 Å². The molecule has 0 amide bonds. The van der Waals surface area contributed by atoms with Crippen LogP contribution >= 0.6 is 0 Å². The molecule has 1 saturated carbocycles. The van der Waals surface area contributed by atoms with Crippen LogP contribution in [-0.2, 0) is 14.9 Å². The number of aliphatic carboxylic acids is 1. The Bertz CT molecular complexity index is 685. The molecule has 1 aliphatic rings. The molecule has 1 aliphatic carbocycles. The zero-order valence-electron chi connectivity index (χ0n) is 13.8. The quantitative estimate of drug-likeness (QED) is 0.748. The lowest BCUT2D eigenvalue weighted by atomic mass is 9.94. The van der Waals surface area contributed by atoms with Crippen molar-refractivity contribution in [2.45, 2.75) is 24.7 Å². The van der Waals surface area contributed by atoms with Gasteiger partial charge in [-0.15, -0.1) is 0 Å². The highest BCUT2D eigenvalue weighted by Gasteiger charge is 2.51. The van der Waals surface area contributed by atoms with Gasteiger partial charge in [-0.3, -0.25) is 4.79 Å². The molecular formula is C20H22O4. The number of rotatable bonds is 8. The van der Waals surface area contributed by atoms with Gasteiger partial charge in [-0.25, -0.2) is 0 Å². The Balaban J connectivity index is 1.65. The SMILES string of the molecule is COCCCOc1ccc(-c2ccc(C3(C(=O)O)CC3)cc2)cc1. The first-order valence-electron chi connectivity index (χ1n) is 8.22. The zero-order valence-corrected chi connectivity index (χ0v) is 13.8. The predicted octanol–water partition coefficient (Wildman–Crippen LogP) is 3.89. The molecule has 4 heteroatoms. The van der Waals surface area contributed by atoms with Gasteiger partial charge in [0.2, 0.25) is 0 Å². The fourth-order valence-corrected chi connectivity index (χ4v) is 2.87. The van der Waals surface area contributed by atoms with Gasteiger partial charge in [0.25, 0.3) is 0 Å². The second kappa shape index (κ2) is 7.05. The smallest absolute Gasteiger partial charge is 0.314 e. The number of hydrogen-bond donors (Lipinski definition) is 1. The molecule has 0 unspecified atom stereocenters. The summed E-state index contributed by atoms with van der Waals surface area (Å²) in [4.78, 5) is 11.4. The average Bonchev–Trinajstić information content (AvgIpc) is 3.42. The molecule has 0 atom stereocenters. The molecule has 1 N–H and O–H groups in total. The summed E-state index contributed by atoms with van der Waals surface area (Å²) in [6, 6.07) is 15.8. The van der Waals surface area contributed by atoms with Crippen molar-refractivity contribution in [2.24, 2.45) is 0 Å². The molecule has 0 radical (unpaired) electrons. The topological polar surface area (TPSA) is 55.8 Å². The number of benzene rings is 2. The Hall–Kier alpha value is -2.33. The third-order valence-corrected chi connectivity index (χ3v) is 4.55. The lowest BCUT2D eigenvalue weighted by molar-refractivity contribution is -0.140. The van der Waals surface area contributed by atoms with Gasteiger partial charge in [0.15, 0.2) is 0 Å². The number of carbonyl (C=O) groups is 1. The van der Waals surface area contributed by atoms with E-state index in [4.69, 9.17) is 9.47 Å². The molecule has 0 aliphatic heterocycles. The molecule has 3 rings (SSSR count). The Morgan fingerprint density at radius 1 is 1.00 bits per heavy atom. The summed E-state index contributed by atoms with van der Waals surface area (Å²) in [5.41, 5.74) is 2.42. The number of carboxylic acid groups (broad SMARTS) is 1. The summed E-state index contributed by atoms with van der Waals surface area (Å²) in [5.74, 6) is 0.125. The van der Waals surface area contributed by atoms with Crippen molar-refractivity contribution in [1.82, 2.24) is 0 Å². The highest BCUT2D eigenvalue weighted by molar-refractivity contribution is 5.85. The van der Waals surface area contributed by atoms with Crippen LogP contribution in [0.3, 0.4) is 0 Å². The second-order valence-corrected chi connectivity index (χ2v) is 6.18. The third-order valence-electron chi connectivity index (χ3n) is 4.55. The van der Waals surface area contributed by atoms with E-state index in [0.717, 1.165) is 41.7 Å². The standard InChI is InChI=1S/C20H22O4/c1-23-13-2-14-24-18-9-5-16(6-10-18)15-3-7-17(8-4-15)20(11-12-20)19(21)22/h3-10H,2,11-14H2,1H3,(H,21,22). The maximum Gasteiger partial charge on any atom is 0.314 e. The first-order valence-corrected chi connectivity index (χ1v) is 8.22. The molecular weight excluding hydrogens is 304 g/mol. The summed E-state index contributed by atoms with van der Waals surface area (Å²) < 4.78 is 10.6. The molecule has 0 heterocycles. The first kappa shape index (κ1) is 16.5. The Kier molecular flexibility index (Phi) is 4.86. The summed E-state index contributed by atoms with van der Waals surface area (Å²) in [6.07, 6.45) is 2.33. The van der Waals surface area contributed by atoms with E-state index in [1.54, 1.807) is 7.11 Å². The van der Waals surface area contributed by atoms with Gasteiger partial charge in [-0.2, -0.15) is 0 Å². The predicted molar refractivity (Wildman–Crippen MR) is 92.4 cm³/mol. The fraction of sp³-hybridized carbons (Fsp3) is 0.350. The Labute approximate surface area is 142 Å². The van der Waals surface area contributed by atoms with Gasteiger partial charge in [0, 0.05) is 20.1 Å². The molecule has 2 aromatic carbocycles. The van der Waals surface area contributed by atoms with E-state index in [2.05, 4.69) is 0 Å². The Morgan fingerprint density at radius 3 is 2.08 bits per heavy atom. The zero-order chi connectivity index (χ0) is 17.0. The van der Waals surface area contributed by atoms with Crippen molar-refractivity contribution in [2.75, 3.05) is 20.3 Å². The molecule has 2 aromatic rings. The van der Waals surface area contributed by atoms with Gasteiger partial charge in [0.05, 0.1) is 12.0 Å². The minimum Gasteiger partial charge on any atom is -0.494 e. The lowest BCUT2D eigenvalue weighted by Crippen LogP contribution is -2.19. The van der Waals surface area contributed by atoms with Crippen LogP contribution in [0.1, 0.15) is 24.8 Å². The minimum absolute atomic E-state index is 0.638. The third kappa shape index (κ3) is 3.44. The number of methoxy groups -OCH3 is 1. The van der Waals surface area contributed by atoms with Crippen LogP contribution in [0.4, 0.5) is 0 Å². The number of hydrogen-bond acceptors (Lipinski definition) is 3. The van der Waals surface area contributed by atoms with Crippen molar-refractivity contribution in [1.29, 1.82) is 0 Å². The van der Waals surface area contributed by atoms with Crippen LogP contribution in [0.15, 0.2) is 48.5 Å². The summed E-state index contributed by atoms with van der Waals surface area (Å²) in [5, 5.41) is 9.36. The van der Waals surface area contributed by atoms with E-state index in [1.807, 2.05) is 48.5 Å². The lowest BCUT2D eigenvalue weighted by Gasteiger charge is -2.11. The normalized spacial score (nSPS) is 15.0. The van der Waals surface area contributed by atoms with Gasteiger partial charge >= 0.3 is 5.97 Å². The fourth-order valence-electron chi connectivity index (χ4n) is 2.87.